The lowest BCUT2D eigenvalue weighted by Gasteiger charge is -2.21. The Morgan fingerprint density at radius 3 is 2.40 bits per heavy atom. The molecule has 0 unspecified atom stereocenters. The van der Waals surface area contributed by atoms with E-state index in [0.717, 1.165) is 11.3 Å². The number of hydrogen-bond donors (Lipinski definition) is 3. The van der Waals surface area contributed by atoms with Crippen LogP contribution >= 0.6 is 11.6 Å². The molecule has 7 heteroatoms. The lowest BCUT2D eigenvalue weighted by atomic mass is 10.1. The van der Waals surface area contributed by atoms with Crippen LogP contribution in [-0.2, 0) is 6.54 Å². The molecule has 2 amide bonds. The predicted molar refractivity (Wildman–Crippen MR) is 119 cm³/mol. The lowest BCUT2D eigenvalue weighted by Crippen LogP contribution is -2.34. The van der Waals surface area contributed by atoms with Crippen LogP contribution in [0.5, 0.6) is 5.75 Å². The van der Waals surface area contributed by atoms with Gasteiger partial charge >= 0.3 is 6.03 Å². The second-order valence-corrected chi connectivity index (χ2v) is 7.10. The van der Waals surface area contributed by atoms with Gasteiger partial charge in [0.1, 0.15) is 5.75 Å². The van der Waals surface area contributed by atoms with Crippen LogP contribution < -0.4 is 10.2 Å². The van der Waals surface area contributed by atoms with E-state index >= 15 is 0 Å². The summed E-state index contributed by atoms with van der Waals surface area (Å²) >= 11 is 5.94. The van der Waals surface area contributed by atoms with Crippen molar-refractivity contribution in [3.63, 3.8) is 0 Å². The van der Waals surface area contributed by atoms with E-state index in [9.17, 15) is 9.90 Å². The lowest BCUT2D eigenvalue weighted by molar-refractivity contribution is 0.256. The summed E-state index contributed by atoms with van der Waals surface area (Å²) in [5, 5.41) is 20.9. The number of carbonyl (C=O) groups excluding carboxylic acids is 1. The number of H-pyrrole nitrogens is 1. The summed E-state index contributed by atoms with van der Waals surface area (Å²) in [5.41, 5.74) is 2.94. The fourth-order valence-corrected chi connectivity index (χ4v) is 3.19. The zero-order valence-electron chi connectivity index (χ0n) is 15.9. The molecule has 0 saturated heterocycles. The minimum atomic E-state index is -0.373. The first-order valence-electron chi connectivity index (χ1n) is 9.32. The Bertz CT molecular complexity index is 1150. The second-order valence-electron chi connectivity index (χ2n) is 6.66. The summed E-state index contributed by atoms with van der Waals surface area (Å²) in [6.07, 6.45) is 0. The number of phenolic OH excluding ortho intramolecular Hbond substituents is 1. The van der Waals surface area contributed by atoms with E-state index in [4.69, 9.17) is 11.6 Å². The summed E-state index contributed by atoms with van der Waals surface area (Å²) in [6.45, 7) is 0.112. The van der Waals surface area contributed by atoms with E-state index in [1.165, 1.54) is 11.0 Å². The van der Waals surface area contributed by atoms with Gasteiger partial charge in [-0.05, 0) is 29.8 Å². The predicted octanol–water partition coefficient (Wildman–Crippen LogP) is 5.67. The SMILES string of the molecule is O=C(Nc1ccccc1)N(Cc1ccc(Cl)cc1O)c1cc(-c2ccccc2)[nH]n1. The highest BCUT2D eigenvalue weighted by Gasteiger charge is 2.21. The van der Waals surface area contributed by atoms with Crippen molar-refractivity contribution >= 4 is 29.1 Å². The molecule has 0 spiro atoms. The van der Waals surface area contributed by atoms with Crippen LogP contribution in [0.2, 0.25) is 5.02 Å². The summed E-state index contributed by atoms with van der Waals surface area (Å²) in [6, 6.07) is 25.1. The molecule has 0 fully saturated rings. The maximum atomic E-state index is 13.1. The number of hydrogen-bond acceptors (Lipinski definition) is 3. The van der Waals surface area contributed by atoms with Gasteiger partial charge in [-0.2, -0.15) is 5.10 Å². The Morgan fingerprint density at radius 1 is 1.00 bits per heavy atom. The minimum Gasteiger partial charge on any atom is -0.508 e. The van der Waals surface area contributed by atoms with Gasteiger partial charge in [0.25, 0.3) is 0 Å². The topological polar surface area (TPSA) is 81.3 Å². The molecular formula is C23H19ClN4O2. The zero-order valence-corrected chi connectivity index (χ0v) is 16.7. The van der Waals surface area contributed by atoms with Crippen molar-refractivity contribution in [2.45, 2.75) is 6.54 Å². The number of para-hydroxylation sites is 1. The Kier molecular flexibility index (Phi) is 5.68. The number of benzene rings is 3. The number of halogens is 1. The highest BCUT2D eigenvalue weighted by atomic mass is 35.5. The van der Waals surface area contributed by atoms with Crippen LogP contribution in [0.25, 0.3) is 11.3 Å². The molecule has 0 bridgehead atoms. The third-order valence-corrected chi connectivity index (χ3v) is 4.81. The van der Waals surface area contributed by atoms with Gasteiger partial charge in [0.05, 0.1) is 12.2 Å². The van der Waals surface area contributed by atoms with Gasteiger partial charge in [0, 0.05) is 22.3 Å². The first-order valence-corrected chi connectivity index (χ1v) is 9.70. The molecule has 4 aromatic rings. The van der Waals surface area contributed by atoms with Crippen molar-refractivity contribution in [3.05, 3.63) is 95.5 Å². The molecule has 6 nitrogen and oxygen atoms in total. The fourth-order valence-electron chi connectivity index (χ4n) is 3.03. The molecule has 0 aliphatic rings. The number of rotatable bonds is 5. The molecule has 0 saturated carbocycles. The molecule has 0 radical (unpaired) electrons. The number of amides is 2. The minimum absolute atomic E-state index is 0.0128. The zero-order chi connectivity index (χ0) is 20.9. The number of anilines is 2. The van der Waals surface area contributed by atoms with Gasteiger partial charge in [-0.1, -0.05) is 66.2 Å². The number of nitrogens with zero attached hydrogens (tertiary/aromatic N) is 2. The molecule has 150 valence electrons. The number of phenols is 1. The third-order valence-electron chi connectivity index (χ3n) is 4.57. The average molecular weight is 419 g/mol. The smallest absolute Gasteiger partial charge is 0.327 e. The van der Waals surface area contributed by atoms with Crippen LogP contribution in [0, 0.1) is 0 Å². The van der Waals surface area contributed by atoms with Crippen LogP contribution in [-0.4, -0.2) is 21.3 Å². The van der Waals surface area contributed by atoms with Gasteiger partial charge < -0.3 is 10.4 Å². The van der Waals surface area contributed by atoms with Gasteiger partial charge in [-0.15, -0.1) is 0 Å². The molecule has 4 rings (SSSR count). The van der Waals surface area contributed by atoms with E-state index in [-0.39, 0.29) is 18.3 Å². The third kappa shape index (κ3) is 4.45. The Morgan fingerprint density at radius 2 is 1.70 bits per heavy atom. The highest BCUT2D eigenvalue weighted by Crippen LogP contribution is 2.27. The Hall–Kier alpha value is -3.77. The number of nitrogens with one attached hydrogen (secondary N) is 2. The van der Waals surface area contributed by atoms with E-state index in [0.29, 0.717) is 22.1 Å². The summed E-state index contributed by atoms with van der Waals surface area (Å²) in [5.74, 6) is 0.440. The number of urea groups is 1. The molecule has 1 heterocycles. The van der Waals surface area contributed by atoms with Gasteiger partial charge in [-0.25, -0.2) is 4.79 Å². The summed E-state index contributed by atoms with van der Waals surface area (Å²) in [7, 11) is 0. The molecule has 0 aliphatic carbocycles. The van der Waals surface area contributed by atoms with Crippen molar-refractivity contribution in [3.8, 4) is 17.0 Å². The molecule has 30 heavy (non-hydrogen) atoms. The van der Waals surface area contributed by atoms with Crippen LogP contribution in [0.3, 0.4) is 0 Å². The maximum Gasteiger partial charge on any atom is 0.327 e. The van der Waals surface area contributed by atoms with Crippen molar-refractivity contribution in [1.29, 1.82) is 0 Å². The van der Waals surface area contributed by atoms with Crippen molar-refractivity contribution < 1.29 is 9.90 Å². The molecule has 3 N–H and O–H groups in total. The number of aromatic amines is 1. The van der Waals surface area contributed by atoms with Crippen molar-refractivity contribution in [1.82, 2.24) is 10.2 Å². The highest BCUT2D eigenvalue weighted by molar-refractivity contribution is 6.30. The second kappa shape index (κ2) is 8.71. The normalized spacial score (nSPS) is 10.6. The van der Waals surface area contributed by atoms with E-state index in [1.54, 1.807) is 30.3 Å². The fraction of sp³-hybridized carbons (Fsp3) is 0.0435. The van der Waals surface area contributed by atoms with Crippen molar-refractivity contribution in [2.75, 3.05) is 10.2 Å². The van der Waals surface area contributed by atoms with Crippen LogP contribution in [0.15, 0.2) is 84.9 Å². The molecule has 3 aromatic carbocycles. The summed E-state index contributed by atoms with van der Waals surface area (Å²) in [4.78, 5) is 14.6. The van der Waals surface area contributed by atoms with E-state index < -0.39 is 0 Å². The van der Waals surface area contributed by atoms with Gasteiger partial charge in [-0.3, -0.25) is 10.00 Å². The average Bonchev–Trinajstić information content (AvgIpc) is 3.24. The number of carbonyl (C=O) groups is 1. The summed E-state index contributed by atoms with van der Waals surface area (Å²) < 4.78 is 0. The monoisotopic (exact) mass is 418 g/mol. The molecule has 0 atom stereocenters. The van der Waals surface area contributed by atoms with Gasteiger partial charge in [0.2, 0.25) is 0 Å². The molecule has 1 aromatic heterocycles. The quantitative estimate of drug-likeness (QED) is 0.390. The van der Waals surface area contributed by atoms with Gasteiger partial charge in [0.15, 0.2) is 5.82 Å². The Labute approximate surface area is 178 Å². The maximum absolute atomic E-state index is 13.1. The first-order chi connectivity index (χ1) is 14.6. The molecule has 0 aliphatic heterocycles. The van der Waals surface area contributed by atoms with Crippen LogP contribution in [0.1, 0.15) is 5.56 Å². The first kappa shape index (κ1) is 19.5. The standard InChI is InChI=1S/C23H19ClN4O2/c24-18-12-11-17(21(29)13-18)15-28(23(30)25-19-9-5-2-6-10-19)22-14-20(26-27-22)16-7-3-1-4-8-16/h1-14,29H,15H2,(H,25,30)(H,26,27). The molecular weight excluding hydrogens is 400 g/mol. The Balaban J connectivity index is 1.66. The number of aromatic nitrogens is 2. The number of aromatic hydroxyl groups is 1. The van der Waals surface area contributed by atoms with Crippen LogP contribution in [0.4, 0.5) is 16.3 Å². The van der Waals surface area contributed by atoms with E-state index in [1.807, 2.05) is 48.5 Å². The largest absolute Gasteiger partial charge is 0.508 e. The van der Waals surface area contributed by atoms with E-state index in [2.05, 4.69) is 15.5 Å². The van der Waals surface area contributed by atoms with Crippen molar-refractivity contribution in [2.24, 2.45) is 0 Å².